The van der Waals surface area contributed by atoms with Crippen molar-refractivity contribution in [3.63, 3.8) is 0 Å². The van der Waals surface area contributed by atoms with Crippen LogP contribution >= 0.6 is 11.3 Å². The second-order valence-corrected chi connectivity index (χ2v) is 10.3. The molecule has 0 saturated heterocycles. The van der Waals surface area contributed by atoms with Crippen LogP contribution in [0, 0.1) is 13.8 Å². The van der Waals surface area contributed by atoms with Gasteiger partial charge in [0.2, 0.25) is 5.55 Å². The van der Waals surface area contributed by atoms with Gasteiger partial charge in [0, 0.05) is 21.9 Å². The van der Waals surface area contributed by atoms with Gasteiger partial charge in [-0.1, -0.05) is 54.1 Å². The van der Waals surface area contributed by atoms with Crippen LogP contribution in [0.1, 0.15) is 20.8 Å². The summed E-state index contributed by atoms with van der Waals surface area (Å²) in [5.74, 6) is -0.312. The number of nitrogens with zero attached hydrogens (tertiary/aromatic N) is 2. The van der Waals surface area contributed by atoms with Gasteiger partial charge in [0.15, 0.2) is 5.13 Å². The van der Waals surface area contributed by atoms with E-state index in [1.807, 2.05) is 56.3 Å². The van der Waals surface area contributed by atoms with Crippen molar-refractivity contribution in [3.8, 4) is 17.0 Å². The molecular weight excluding hydrogens is 494 g/mol. The molecule has 0 unspecified atom stereocenters. The normalized spacial score (nSPS) is 11.8. The predicted molar refractivity (Wildman–Crippen MR) is 152 cm³/mol. The number of phenolic OH excluding ortho intramolecular Hbond substituents is 1. The number of aryl methyl sites for hydroxylation is 2. The molecule has 4 aromatic carbocycles. The number of nitrogens with one attached hydrogen (secondary N) is 1. The number of phenols is 1. The van der Waals surface area contributed by atoms with Gasteiger partial charge in [0.05, 0.1) is 11.4 Å². The lowest BCUT2D eigenvalue weighted by atomic mass is 10.0. The van der Waals surface area contributed by atoms with E-state index in [9.17, 15) is 9.90 Å². The third kappa shape index (κ3) is 4.67. The Morgan fingerprint density at radius 2 is 1.66 bits per heavy atom. The van der Waals surface area contributed by atoms with E-state index in [4.69, 9.17) is 9.40 Å². The van der Waals surface area contributed by atoms with Crippen LogP contribution in [0.2, 0.25) is 0 Å². The molecule has 0 aliphatic heterocycles. The molecule has 2 N–H and O–H groups in total. The highest BCUT2D eigenvalue weighted by molar-refractivity contribution is 7.16. The van der Waals surface area contributed by atoms with Gasteiger partial charge >= 0.3 is 0 Å². The molecule has 0 bridgehead atoms. The van der Waals surface area contributed by atoms with Crippen molar-refractivity contribution in [2.24, 2.45) is 4.99 Å². The minimum absolute atomic E-state index is 0.0687. The summed E-state index contributed by atoms with van der Waals surface area (Å²) < 4.78 is 6.00. The number of hydrogen-bond acceptors (Lipinski definition) is 6. The SMILES string of the molecule is Cc1ccc(N=c2oc3cc(O)ccc3cc2C(=O)Nc2nc(-c3ccc4ccccc4c3)c(C)s2)cc1. The van der Waals surface area contributed by atoms with Gasteiger partial charge in [0.25, 0.3) is 5.91 Å². The van der Waals surface area contributed by atoms with E-state index >= 15 is 0 Å². The molecule has 0 atom stereocenters. The van der Waals surface area contributed by atoms with E-state index < -0.39 is 0 Å². The number of aromatic hydroxyl groups is 1. The minimum Gasteiger partial charge on any atom is -0.508 e. The van der Waals surface area contributed by atoms with Crippen LogP contribution in [-0.4, -0.2) is 16.0 Å². The smallest absolute Gasteiger partial charge is 0.262 e. The molecule has 0 saturated carbocycles. The number of aromatic nitrogens is 1. The van der Waals surface area contributed by atoms with Crippen molar-refractivity contribution in [2.45, 2.75) is 13.8 Å². The highest BCUT2D eigenvalue weighted by Crippen LogP contribution is 2.32. The van der Waals surface area contributed by atoms with Crippen LogP contribution in [-0.2, 0) is 0 Å². The van der Waals surface area contributed by atoms with Crippen LogP contribution < -0.4 is 10.9 Å². The summed E-state index contributed by atoms with van der Waals surface area (Å²) in [5, 5.41) is 16.3. The van der Waals surface area contributed by atoms with Crippen molar-refractivity contribution in [2.75, 3.05) is 5.32 Å². The summed E-state index contributed by atoms with van der Waals surface area (Å²) in [4.78, 5) is 23.8. The highest BCUT2D eigenvalue weighted by atomic mass is 32.1. The quantitative estimate of drug-likeness (QED) is 0.253. The van der Waals surface area contributed by atoms with Crippen molar-refractivity contribution in [1.82, 2.24) is 4.98 Å². The first kappa shape index (κ1) is 23.6. The van der Waals surface area contributed by atoms with Crippen LogP contribution in [0.15, 0.2) is 100 Å². The van der Waals surface area contributed by atoms with Crippen LogP contribution in [0.4, 0.5) is 10.8 Å². The van der Waals surface area contributed by atoms with Gasteiger partial charge in [-0.25, -0.2) is 9.98 Å². The molecule has 0 aliphatic carbocycles. The first-order valence-corrected chi connectivity index (χ1v) is 12.9. The standard InChI is InChI=1S/C31H23N3O3S/c1-18-7-12-24(13-8-18)32-30-26(16-22-11-14-25(35)17-27(22)37-30)29(36)34-31-33-28(19(2)38-31)23-10-9-20-5-3-4-6-21(20)15-23/h3-17,35H,1-2H3,(H,33,34,36). The number of thiazole rings is 1. The van der Waals surface area contributed by atoms with Gasteiger partial charge in [0.1, 0.15) is 16.9 Å². The molecule has 0 fully saturated rings. The zero-order valence-corrected chi connectivity index (χ0v) is 21.5. The molecule has 6 nitrogen and oxygen atoms in total. The molecule has 6 aromatic rings. The summed E-state index contributed by atoms with van der Waals surface area (Å²) in [6, 6.07) is 28.5. The number of rotatable bonds is 4. The maximum atomic E-state index is 13.5. The number of amides is 1. The molecule has 0 spiro atoms. The zero-order valence-electron chi connectivity index (χ0n) is 20.7. The average molecular weight is 518 g/mol. The molecule has 38 heavy (non-hydrogen) atoms. The topological polar surface area (TPSA) is 87.7 Å². The summed E-state index contributed by atoms with van der Waals surface area (Å²) in [7, 11) is 0. The summed E-state index contributed by atoms with van der Waals surface area (Å²) in [6.45, 7) is 3.99. The van der Waals surface area contributed by atoms with Crippen LogP contribution in [0.5, 0.6) is 5.75 Å². The lowest BCUT2D eigenvalue weighted by Gasteiger charge is -2.06. The Kier molecular flexibility index (Phi) is 5.98. The third-order valence-electron chi connectivity index (χ3n) is 6.28. The zero-order chi connectivity index (χ0) is 26.2. The molecule has 2 aromatic heterocycles. The maximum Gasteiger partial charge on any atom is 0.262 e. The Bertz CT molecular complexity index is 1900. The first-order valence-electron chi connectivity index (χ1n) is 12.1. The Labute approximate surface area is 222 Å². The van der Waals surface area contributed by atoms with Gasteiger partial charge in [-0.3, -0.25) is 10.1 Å². The van der Waals surface area contributed by atoms with E-state index in [0.29, 0.717) is 21.8 Å². The Hall–Kier alpha value is -4.75. The van der Waals surface area contributed by atoms with Crippen molar-refractivity contribution < 1.29 is 14.3 Å². The fourth-order valence-corrected chi connectivity index (χ4v) is 5.14. The van der Waals surface area contributed by atoms with E-state index in [1.54, 1.807) is 18.2 Å². The fraction of sp³-hybridized carbons (Fsp3) is 0.0645. The summed E-state index contributed by atoms with van der Waals surface area (Å²) in [6.07, 6.45) is 0. The number of benzene rings is 4. The molecule has 7 heteroatoms. The second kappa shape index (κ2) is 9.61. The number of carbonyl (C=O) groups is 1. The minimum atomic E-state index is -0.381. The Balaban J connectivity index is 1.38. The largest absolute Gasteiger partial charge is 0.508 e. The number of hydrogen-bond donors (Lipinski definition) is 2. The van der Waals surface area contributed by atoms with Crippen molar-refractivity contribution in [1.29, 1.82) is 0 Å². The molecular formula is C31H23N3O3S. The Morgan fingerprint density at radius 1 is 0.895 bits per heavy atom. The average Bonchev–Trinajstić information content (AvgIpc) is 3.28. The number of anilines is 1. The lowest BCUT2D eigenvalue weighted by Crippen LogP contribution is -2.21. The maximum absolute atomic E-state index is 13.5. The molecule has 0 aliphatic rings. The van der Waals surface area contributed by atoms with Crippen LogP contribution in [0.25, 0.3) is 33.0 Å². The van der Waals surface area contributed by atoms with Crippen molar-refractivity contribution >= 4 is 49.8 Å². The van der Waals surface area contributed by atoms with E-state index in [2.05, 4.69) is 34.6 Å². The molecule has 2 heterocycles. The van der Waals surface area contributed by atoms with E-state index in [1.165, 1.54) is 17.4 Å². The van der Waals surface area contributed by atoms with Gasteiger partial charge < -0.3 is 9.52 Å². The molecule has 0 radical (unpaired) electrons. The highest BCUT2D eigenvalue weighted by Gasteiger charge is 2.17. The number of fused-ring (bicyclic) bond motifs is 2. The van der Waals surface area contributed by atoms with Gasteiger partial charge in [-0.2, -0.15) is 0 Å². The summed E-state index contributed by atoms with van der Waals surface area (Å²) in [5.41, 5.74) is 4.42. The lowest BCUT2D eigenvalue weighted by molar-refractivity contribution is 0.102. The Morgan fingerprint density at radius 3 is 2.47 bits per heavy atom. The predicted octanol–water partition coefficient (Wildman–Crippen LogP) is 7.52. The van der Waals surface area contributed by atoms with E-state index in [-0.39, 0.29) is 22.8 Å². The third-order valence-corrected chi connectivity index (χ3v) is 7.17. The second-order valence-electron chi connectivity index (χ2n) is 9.07. The van der Waals surface area contributed by atoms with Crippen LogP contribution in [0.3, 0.4) is 0 Å². The molecule has 186 valence electrons. The summed E-state index contributed by atoms with van der Waals surface area (Å²) >= 11 is 1.42. The monoisotopic (exact) mass is 517 g/mol. The molecule has 1 amide bonds. The van der Waals surface area contributed by atoms with E-state index in [0.717, 1.165) is 32.5 Å². The molecule has 6 rings (SSSR count). The van der Waals surface area contributed by atoms with Crippen molar-refractivity contribution in [3.05, 3.63) is 113 Å². The van der Waals surface area contributed by atoms with Gasteiger partial charge in [-0.15, -0.1) is 11.3 Å². The van der Waals surface area contributed by atoms with Gasteiger partial charge in [-0.05, 0) is 61.0 Å². The first-order chi connectivity index (χ1) is 18.4. The fourth-order valence-electron chi connectivity index (χ4n) is 4.31. The number of carbonyl (C=O) groups excluding carboxylic acids is 1.